The second kappa shape index (κ2) is 3.51. The zero-order chi connectivity index (χ0) is 16.1. The average molecular weight is 324 g/mol. The number of rotatable bonds is 4. The van der Waals surface area contributed by atoms with E-state index in [2.05, 4.69) is 13.2 Å². The van der Waals surface area contributed by atoms with E-state index in [9.17, 15) is 9.59 Å². The van der Waals surface area contributed by atoms with Crippen LogP contribution in [-0.2, 0) is 19.1 Å². The summed E-state index contributed by atoms with van der Waals surface area (Å²) in [5.41, 5.74) is 0. The molecule has 0 aliphatic heterocycles. The predicted molar refractivity (Wildman–Crippen MR) is 82.0 cm³/mol. The third kappa shape index (κ3) is 0.942. The molecular weight excluding hydrogens is 304 g/mol. The Morgan fingerprint density at radius 2 is 0.792 bits per heavy atom. The van der Waals surface area contributed by atoms with E-state index in [-0.39, 0.29) is 24.1 Å². The molecule has 0 aromatic rings. The number of hydrogen-bond donors (Lipinski definition) is 0. The van der Waals surface area contributed by atoms with Gasteiger partial charge in [-0.2, -0.15) is 0 Å². The Kier molecular flexibility index (Phi) is 1.86. The van der Waals surface area contributed by atoms with E-state index in [0.29, 0.717) is 23.7 Å². The monoisotopic (exact) mass is 324 g/mol. The van der Waals surface area contributed by atoms with Gasteiger partial charge in [0.05, 0.1) is 0 Å². The minimum Gasteiger partial charge on any atom is -0.459 e. The van der Waals surface area contributed by atoms with Gasteiger partial charge in [-0.05, 0) is 47.3 Å². The van der Waals surface area contributed by atoms with Crippen LogP contribution in [0.15, 0.2) is 25.3 Å². The first-order valence-electron chi connectivity index (χ1n) is 9.35. The molecule has 0 spiro atoms. The average Bonchev–Trinajstić information content (AvgIpc) is 3.31. The van der Waals surface area contributed by atoms with Crippen molar-refractivity contribution in [1.29, 1.82) is 0 Å². The molecule has 0 atom stereocenters. The van der Waals surface area contributed by atoms with E-state index in [0.717, 1.165) is 47.3 Å². The second-order valence-electron chi connectivity index (χ2n) is 9.14. The molecule has 0 amide bonds. The van der Waals surface area contributed by atoms with Crippen LogP contribution in [0.25, 0.3) is 0 Å². The van der Waals surface area contributed by atoms with E-state index in [4.69, 9.17) is 9.47 Å². The predicted octanol–water partition coefficient (Wildman–Crippen LogP) is 1.67. The summed E-state index contributed by atoms with van der Waals surface area (Å²) in [6.45, 7) is 7.12. The summed E-state index contributed by atoms with van der Waals surface area (Å²) in [6, 6.07) is 0. The van der Waals surface area contributed by atoms with Crippen LogP contribution in [0.5, 0.6) is 0 Å². The fourth-order valence-corrected chi connectivity index (χ4v) is 10.1. The smallest absolute Gasteiger partial charge is 0.330 e. The fourth-order valence-electron chi connectivity index (χ4n) is 10.1. The molecule has 0 N–H and O–H groups in total. The van der Waals surface area contributed by atoms with Gasteiger partial charge in [0.25, 0.3) is 0 Å². The van der Waals surface area contributed by atoms with E-state index in [1.807, 2.05) is 0 Å². The number of carbonyl (C=O) groups excluding carboxylic acids is 2. The number of esters is 2. The normalized spacial score (nSPS) is 66.2. The largest absolute Gasteiger partial charge is 0.459 e. The van der Waals surface area contributed by atoms with E-state index in [1.165, 1.54) is 12.2 Å². The van der Waals surface area contributed by atoms with Crippen molar-refractivity contribution in [2.24, 2.45) is 71.0 Å². The van der Waals surface area contributed by atoms with Gasteiger partial charge in [-0.3, -0.25) is 0 Å². The molecule has 24 heavy (non-hydrogen) atoms. The molecule has 0 heterocycles. The molecule has 4 bridgehead atoms. The number of carbonyl (C=O) groups is 2. The summed E-state index contributed by atoms with van der Waals surface area (Å²) in [5, 5.41) is 0. The topological polar surface area (TPSA) is 52.6 Å². The van der Waals surface area contributed by atoms with Gasteiger partial charge in [-0.15, -0.1) is 0 Å². The van der Waals surface area contributed by atoms with Crippen LogP contribution in [0.1, 0.15) is 0 Å². The molecule has 0 aromatic carbocycles. The van der Waals surface area contributed by atoms with Crippen LogP contribution < -0.4 is 0 Å². The van der Waals surface area contributed by atoms with E-state index < -0.39 is 0 Å². The fraction of sp³-hybridized carbons (Fsp3) is 0.700. The highest BCUT2D eigenvalue weighted by molar-refractivity contribution is 5.82. The van der Waals surface area contributed by atoms with Crippen LogP contribution >= 0.6 is 0 Å². The maximum Gasteiger partial charge on any atom is 0.330 e. The second-order valence-corrected chi connectivity index (χ2v) is 9.14. The highest BCUT2D eigenvalue weighted by Gasteiger charge is 2.93. The maximum absolute atomic E-state index is 11.8. The Balaban J connectivity index is 1.30. The first-order chi connectivity index (χ1) is 11.7. The van der Waals surface area contributed by atoms with Crippen LogP contribution in [0.2, 0.25) is 0 Å². The van der Waals surface area contributed by atoms with Gasteiger partial charge in [0.2, 0.25) is 0 Å². The number of ether oxygens (including phenoxy) is 2. The SMILES string of the molecule is C=CC(=O)OC1C2C3C4C1C1C2C2C5C(OC(=O)C=C)C(C32)C4C51. The van der Waals surface area contributed by atoms with Crippen LogP contribution in [0, 0.1) is 71.0 Å². The minimum absolute atomic E-state index is 0.148. The van der Waals surface area contributed by atoms with E-state index in [1.54, 1.807) is 0 Å². The summed E-state index contributed by atoms with van der Waals surface area (Å²) < 4.78 is 11.7. The van der Waals surface area contributed by atoms with Gasteiger partial charge in [-0.1, -0.05) is 13.2 Å². The zero-order valence-corrected chi connectivity index (χ0v) is 13.3. The summed E-state index contributed by atoms with van der Waals surface area (Å²) >= 11 is 0. The van der Waals surface area contributed by atoms with Gasteiger partial charge >= 0.3 is 11.9 Å². The molecule has 8 aliphatic rings. The van der Waals surface area contributed by atoms with Crippen molar-refractivity contribution in [2.45, 2.75) is 12.2 Å². The lowest BCUT2D eigenvalue weighted by molar-refractivity contribution is -0.148. The van der Waals surface area contributed by atoms with Crippen molar-refractivity contribution in [3.63, 3.8) is 0 Å². The molecule has 8 fully saturated rings. The molecular formula is C20H20O4. The molecule has 124 valence electrons. The van der Waals surface area contributed by atoms with Gasteiger partial charge < -0.3 is 9.47 Å². The van der Waals surface area contributed by atoms with Crippen molar-refractivity contribution < 1.29 is 19.1 Å². The maximum atomic E-state index is 11.8. The summed E-state index contributed by atoms with van der Waals surface area (Å²) in [4.78, 5) is 23.6. The zero-order valence-electron chi connectivity index (χ0n) is 13.3. The molecule has 0 radical (unpaired) electrons. The van der Waals surface area contributed by atoms with Crippen molar-refractivity contribution in [1.82, 2.24) is 0 Å². The van der Waals surface area contributed by atoms with Gasteiger partial charge in [0.15, 0.2) is 0 Å². The summed E-state index contributed by atoms with van der Waals surface area (Å²) in [5.74, 6) is 7.64. The van der Waals surface area contributed by atoms with Crippen LogP contribution in [-0.4, -0.2) is 24.1 Å². The van der Waals surface area contributed by atoms with Crippen LogP contribution in [0.3, 0.4) is 0 Å². The highest BCUT2D eigenvalue weighted by atomic mass is 16.5. The lowest BCUT2D eigenvalue weighted by Gasteiger charge is -2.23. The van der Waals surface area contributed by atoms with Crippen molar-refractivity contribution in [2.75, 3.05) is 0 Å². The lowest BCUT2D eigenvalue weighted by Crippen LogP contribution is -2.29. The van der Waals surface area contributed by atoms with Crippen molar-refractivity contribution in [3.05, 3.63) is 25.3 Å². The van der Waals surface area contributed by atoms with Crippen molar-refractivity contribution in [3.8, 4) is 0 Å². The molecule has 0 aromatic heterocycles. The molecule has 0 unspecified atom stereocenters. The third-order valence-electron chi connectivity index (χ3n) is 9.47. The summed E-state index contributed by atoms with van der Waals surface area (Å²) in [7, 11) is 0. The first kappa shape index (κ1) is 12.7. The van der Waals surface area contributed by atoms with Gasteiger partial charge in [0.1, 0.15) is 12.2 Å². The summed E-state index contributed by atoms with van der Waals surface area (Å²) in [6.07, 6.45) is 2.92. The molecule has 8 rings (SSSR count). The first-order valence-corrected chi connectivity index (χ1v) is 9.35. The molecule has 4 heteroatoms. The quantitative estimate of drug-likeness (QED) is 0.583. The Morgan fingerprint density at radius 3 is 1.00 bits per heavy atom. The lowest BCUT2D eigenvalue weighted by atomic mass is 9.80. The molecule has 8 saturated carbocycles. The van der Waals surface area contributed by atoms with E-state index >= 15 is 0 Å². The Bertz CT molecular complexity index is 592. The Morgan fingerprint density at radius 1 is 0.542 bits per heavy atom. The van der Waals surface area contributed by atoms with Crippen LogP contribution in [0.4, 0.5) is 0 Å². The number of hydrogen-bond acceptors (Lipinski definition) is 4. The highest BCUT2D eigenvalue weighted by Crippen LogP contribution is 2.93. The van der Waals surface area contributed by atoms with Gasteiger partial charge in [-0.25, -0.2) is 9.59 Å². The molecule has 8 aliphatic carbocycles. The van der Waals surface area contributed by atoms with Gasteiger partial charge in [0, 0.05) is 35.8 Å². The Labute approximate surface area is 140 Å². The van der Waals surface area contributed by atoms with Crippen molar-refractivity contribution >= 4 is 11.9 Å². The molecule has 0 saturated heterocycles. The Hall–Kier alpha value is -1.58. The molecule has 4 nitrogen and oxygen atoms in total. The third-order valence-corrected chi connectivity index (χ3v) is 9.47. The minimum atomic E-state index is -0.247. The standard InChI is InChI=1S/C20H20O4/c1-3-5(21)23-19-15-7-8-12-14-10(16(8)19)9(15)13-11(7)17(12)20(18(13)14)24-6(22)4-2/h3-4,7-20H,1-2H2.